The Labute approximate surface area is 137 Å². The molecule has 124 valence electrons. The summed E-state index contributed by atoms with van der Waals surface area (Å²) in [6.07, 6.45) is 1.08. The van der Waals surface area contributed by atoms with Crippen molar-refractivity contribution in [2.45, 2.75) is 6.54 Å². The van der Waals surface area contributed by atoms with Gasteiger partial charge in [-0.05, 0) is 25.7 Å². The molecule has 1 amide bonds. The number of sulfonamides is 1. The first-order chi connectivity index (χ1) is 10.2. The molecule has 1 aromatic rings. The van der Waals surface area contributed by atoms with Gasteiger partial charge in [0, 0.05) is 24.7 Å². The molecule has 0 aliphatic carbocycles. The number of likely N-dealkylation sites (N-methyl/N-ethyl adjacent to an activating group) is 1. The van der Waals surface area contributed by atoms with Crippen LogP contribution in [0.3, 0.4) is 0 Å². The fourth-order valence-corrected chi connectivity index (χ4v) is 2.66. The van der Waals surface area contributed by atoms with E-state index in [9.17, 15) is 13.2 Å². The minimum Gasteiger partial charge on any atom is -0.354 e. The maximum atomic E-state index is 11.9. The van der Waals surface area contributed by atoms with E-state index in [2.05, 4.69) is 5.32 Å². The highest BCUT2D eigenvalue weighted by Gasteiger charge is 2.21. The van der Waals surface area contributed by atoms with Crippen molar-refractivity contribution in [1.29, 1.82) is 0 Å². The number of carbonyl (C=O) groups is 1. The zero-order chi connectivity index (χ0) is 16.8. The fourth-order valence-electron chi connectivity index (χ4n) is 1.74. The van der Waals surface area contributed by atoms with Crippen molar-refractivity contribution in [2.24, 2.45) is 0 Å². The van der Waals surface area contributed by atoms with Gasteiger partial charge in [-0.3, -0.25) is 4.79 Å². The molecule has 0 bridgehead atoms. The Bertz CT molecular complexity index is 605. The summed E-state index contributed by atoms with van der Waals surface area (Å²) in [6, 6.07) is 6.97. The Morgan fingerprint density at radius 2 is 1.91 bits per heavy atom. The lowest BCUT2D eigenvalue weighted by molar-refractivity contribution is -0.121. The van der Waals surface area contributed by atoms with Crippen LogP contribution in [-0.4, -0.2) is 63.5 Å². The van der Waals surface area contributed by atoms with Crippen molar-refractivity contribution in [3.05, 3.63) is 34.9 Å². The highest BCUT2D eigenvalue weighted by molar-refractivity contribution is 7.88. The third-order valence-corrected chi connectivity index (χ3v) is 4.54. The van der Waals surface area contributed by atoms with Crippen molar-refractivity contribution in [1.82, 2.24) is 14.5 Å². The summed E-state index contributed by atoms with van der Waals surface area (Å²) in [6.45, 7) is 1.00. The van der Waals surface area contributed by atoms with Crippen LogP contribution in [0.4, 0.5) is 0 Å². The summed E-state index contributed by atoms with van der Waals surface area (Å²) in [7, 11) is 0.278. The number of carbonyl (C=O) groups excluding carboxylic acids is 1. The number of benzene rings is 1. The van der Waals surface area contributed by atoms with E-state index < -0.39 is 10.0 Å². The van der Waals surface area contributed by atoms with E-state index in [1.54, 1.807) is 24.3 Å². The van der Waals surface area contributed by atoms with Gasteiger partial charge in [0.05, 0.1) is 12.8 Å². The van der Waals surface area contributed by atoms with Crippen molar-refractivity contribution in [2.75, 3.05) is 40.0 Å². The Morgan fingerprint density at radius 1 is 1.27 bits per heavy atom. The predicted octanol–water partition coefficient (Wildman–Crippen LogP) is 0.779. The van der Waals surface area contributed by atoms with Gasteiger partial charge >= 0.3 is 0 Å². The fraction of sp³-hybridized carbons (Fsp3) is 0.500. The van der Waals surface area contributed by atoms with E-state index in [1.807, 2.05) is 19.0 Å². The molecule has 0 atom stereocenters. The number of rotatable bonds is 8. The van der Waals surface area contributed by atoms with Gasteiger partial charge in [-0.15, -0.1) is 0 Å². The van der Waals surface area contributed by atoms with Gasteiger partial charge in [0.1, 0.15) is 0 Å². The average Bonchev–Trinajstić information content (AvgIpc) is 2.39. The van der Waals surface area contributed by atoms with Crippen molar-refractivity contribution >= 4 is 27.5 Å². The number of nitrogens with zero attached hydrogens (tertiary/aromatic N) is 2. The van der Waals surface area contributed by atoms with Crippen LogP contribution in [0.2, 0.25) is 5.02 Å². The summed E-state index contributed by atoms with van der Waals surface area (Å²) in [5, 5.41) is 3.17. The standard InChI is InChI=1S/C14H22ClN3O3S/c1-17(2)9-8-16-14(19)11-18(22(3,20)21)10-12-6-4-5-7-13(12)15/h4-7H,8-11H2,1-3H3,(H,16,19). The first-order valence-electron chi connectivity index (χ1n) is 6.80. The monoisotopic (exact) mass is 347 g/mol. The van der Waals surface area contributed by atoms with E-state index in [0.29, 0.717) is 23.7 Å². The second-order valence-corrected chi connectivity index (χ2v) is 7.67. The molecule has 6 nitrogen and oxygen atoms in total. The van der Waals surface area contributed by atoms with Gasteiger partial charge in [-0.1, -0.05) is 29.8 Å². The maximum absolute atomic E-state index is 11.9. The molecule has 0 radical (unpaired) electrons. The van der Waals surface area contributed by atoms with Crippen LogP contribution in [0.1, 0.15) is 5.56 Å². The van der Waals surface area contributed by atoms with Gasteiger partial charge < -0.3 is 10.2 Å². The van der Waals surface area contributed by atoms with Crippen molar-refractivity contribution in [3.8, 4) is 0 Å². The largest absolute Gasteiger partial charge is 0.354 e. The van der Waals surface area contributed by atoms with Crippen LogP contribution in [0.25, 0.3) is 0 Å². The van der Waals surface area contributed by atoms with Crippen molar-refractivity contribution < 1.29 is 13.2 Å². The van der Waals surface area contributed by atoms with E-state index in [4.69, 9.17) is 11.6 Å². The number of hydrogen-bond acceptors (Lipinski definition) is 4. The average molecular weight is 348 g/mol. The second-order valence-electron chi connectivity index (χ2n) is 5.28. The Hall–Kier alpha value is -1.15. The van der Waals surface area contributed by atoms with Gasteiger partial charge in [-0.25, -0.2) is 8.42 Å². The molecule has 0 fully saturated rings. The summed E-state index contributed by atoms with van der Waals surface area (Å²) in [4.78, 5) is 13.8. The van der Waals surface area contributed by atoms with Gasteiger partial charge in [0.15, 0.2) is 0 Å². The first-order valence-corrected chi connectivity index (χ1v) is 9.02. The topological polar surface area (TPSA) is 69.7 Å². The molecule has 0 unspecified atom stereocenters. The molecule has 1 aromatic carbocycles. The lowest BCUT2D eigenvalue weighted by Crippen LogP contribution is -2.41. The Balaban J connectivity index is 2.70. The van der Waals surface area contributed by atoms with Gasteiger partial charge in [-0.2, -0.15) is 4.31 Å². The molecule has 1 rings (SSSR count). The van der Waals surface area contributed by atoms with E-state index in [-0.39, 0.29) is 19.0 Å². The summed E-state index contributed by atoms with van der Waals surface area (Å²) in [5.74, 6) is -0.334. The molecule has 22 heavy (non-hydrogen) atoms. The van der Waals surface area contributed by atoms with Crippen LogP contribution < -0.4 is 5.32 Å². The van der Waals surface area contributed by atoms with Crippen LogP contribution in [0.15, 0.2) is 24.3 Å². The smallest absolute Gasteiger partial charge is 0.235 e. The summed E-state index contributed by atoms with van der Waals surface area (Å²) >= 11 is 6.05. The number of nitrogens with one attached hydrogen (secondary N) is 1. The van der Waals surface area contributed by atoms with Crippen LogP contribution >= 0.6 is 11.6 Å². The maximum Gasteiger partial charge on any atom is 0.235 e. The Kier molecular flexibility index (Phi) is 7.28. The molecule has 0 saturated heterocycles. The van der Waals surface area contributed by atoms with Crippen LogP contribution in [-0.2, 0) is 21.4 Å². The lowest BCUT2D eigenvalue weighted by Gasteiger charge is -2.20. The molecule has 1 N–H and O–H groups in total. The third kappa shape index (κ3) is 6.74. The Morgan fingerprint density at radius 3 is 2.45 bits per heavy atom. The summed E-state index contributed by atoms with van der Waals surface area (Å²) < 4.78 is 24.8. The molecule has 0 spiro atoms. The quantitative estimate of drug-likeness (QED) is 0.754. The molecular weight excluding hydrogens is 326 g/mol. The zero-order valence-electron chi connectivity index (χ0n) is 13.0. The van der Waals surface area contributed by atoms with Crippen LogP contribution in [0.5, 0.6) is 0 Å². The molecule has 8 heteroatoms. The molecule has 0 aromatic heterocycles. The van der Waals surface area contributed by atoms with Gasteiger partial charge in [0.25, 0.3) is 0 Å². The number of amides is 1. The third-order valence-electron chi connectivity index (χ3n) is 2.97. The van der Waals surface area contributed by atoms with E-state index >= 15 is 0 Å². The minimum atomic E-state index is -3.51. The number of hydrogen-bond donors (Lipinski definition) is 1. The second kappa shape index (κ2) is 8.47. The molecular formula is C14H22ClN3O3S. The minimum absolute atomic E-state index is 0.0691. The van der Waals surface area contributed by atoms with Crippen molar-refractivity contribution in [3.63, 3.8) is 0 Å². The lowest BCUT2D eigenvalue weighted by atomic mass is 10.2. The normalized spacial score (nSPS) is 11.9. The first kappa shape index (κ1) is 18.9. The zero-order valence-corrected chi connectivity index (χ0v) is 14.6. The molecule has 0 aliphatic rings. The number of halogens is 1. The molecule has 0 heterocycles. The van der Waals surface area contributed by atoms with E-state index in [0.717, 1.165) is 10.6 Å². The summed E-state index contributed by atoms with van der Waals surface area (Å²) in [5.41, 5.74) is 0.663. The van der Waals surface area contributed by atoms with Gasteiger partial charge in [0.2, 0.25) is 15.9 Å². The van der Waals surface area contributed by atoms with E-state index in [1.165, 1.54) is 0 Å². The molecule has 0 saturated carbocycles. The van der Waals surface area contributed by atoms with Crippen LogP contribution in [0, 0.1) is 0 Å². The predicted molar refractivity (Wildman–Crippen MR) is 88.3 cm³/mol. The highest BCUT2D eigenvalue weighted by Crippen LogP contribution is 2.18. The molecule has 0 aliphatic heterocycles. The SMILES string of the molecule is CN(C)CCNC(=O)CN(Cc1ccccc1Cl)S(C)(=O)=O. The highest BCUT2D eigenvalue weighted by atomic mass is 35.5.